The summed E-state index contributed by atoms with van der Waals surface area (Å²) in [4.78, 5) is 50.9. The van der Waals surface area contributed by atoms with Crippen molar-refractivity contribution in [1.29, 1.82) is 0 Å². The molecule has 1 N–H and O–H groups in total. The van der Waals surface area contributed by atoms with Gasteiger partial charge >= 0.3 is 23.9 Å². The summed E-state index contributed by atoms with van der Waals surface area (Å²) in [5, 5.41) is 10.4. The summed E-state index contributed by atoms with van der Waals surface area (Å²) in [6, 6.07) is 3.04. The third-order valence-electron chi connectivity index (χ3n) is 4.33. The van der Waals surface area contributed by atoms with E-state index in [1.54, 1.807) is 0 Å². The molecule has 2 rings (SSSR count). The first-order valence-corrected chi connectivity index (χ1v) is 10.2. The van der Waals surface area contributed by atoms with Gasteiger partial charge in [-0.1, -0.05) is 11.6 Å². The Labute approximate surface area is 194 Å². The van der Waals surface area contributed by atoms with Crippen LogP contribution in [-0.2, 0) is 42.9 Å². The van der Waals surface area contributed by atoms with Crippen LogP contribution in [0.25, 0.3) is 0 Å². The lowest BCUT2D eigenvalue weighted by Crippen LogP contribution is -2.61. The third-order valence-corrected chi connectivity index (χ3v) is 4.56. The Bertz CT molecular complexity index is 934. The van der Waals surface area contributed by atoms with Crippen molar-refractivity contribution in [1.82, 2.24) is 0 Å². The summed E-state index contributed by atoms with van der Waals surface area (Å²) in [6.45, 7) is 4.18. The Morgan fingerprint density at radius 2 is 1.61 bits per heavy atom. The maximum Gasteiger partial charge on any atom is 0.305 e. The molecule has 1 aliphatic rings. The van der Waals surface area contributed by atoms with Crippen LogP contribution >= 0.6 is 11.6 Å². The second kappa shape index (κ2) is 11.6. The lowest BCUT2D eigenvalue weighted by Gasteiger charge is -2.42. The monoisotopic (exact) mass is 485 g/mol. The molecule has 0 radical (unpaired) electrons. The minimum absolute atomic E-state index is 0.141. The number of hydrogen-bond donors (Lipinski definition) is 1. The molecular formula is C21H24ClNO10. The van der Waals surface area contributed by atoms with Gasteiger partial charge in [0.15, 0.2) is 18.2 Å². The van der Waals surface area contributed by atoms with E-state index in [9.17, 15) is 24.3 Å². The molecule has 0 saturated carbocycles. The highest BCUT2D eigenvalue weighted by atomic mass is 35.5. The van der Waals surface area contributed by atoms with Gasteiger partial charge in [0.2, 0.25) is 6.29 Å². The van der Waals surface area contributed by atoms with Crippen molar-refractivity contribution < 1.29 is 48.0 Å². The fourth-order valence-corrected chi connectivity index (χ4v) is 3.28. The first kappa shape index (κ1) is 26.1. The van der Waals surface area contributed by atoms with Crippen molar-refractivity contribution in [2.24, 2.45) is 4.99 Å². The van der Waals surface area contributed by atoms with Crippen molar-refractivity contribution in [2.45, 2.75) is 58.3 Å². The van der Waals surface area contributed by atoms with Crippen LogP contribution in [-0.4, -0.2) is 72.4 Å². The van der Waals surface area contributed by atoms with Crippen LogP contribution in [0.15, 0.2) is 23.2 Å². The average Bonchev–Trinajstić information content (AvgIpc) is 2.69. The zero-order chi connectivity index (χ0) is 24.7. The van der Waals surface area contributed by atoms with Crippen LogP contribution < -0.4 is 0 Å². The fraction of sp³-hybridized carbons (Fsp3) is 0.476. The topological polar surface area (TPSA) is 147 Å². The van der Waals surface area contributed by atoms with Gasteiger partial charge in [0.1, 0.15) is 18.5 Å². The quantitative estimate of drug-likeness (QED) is 0.342. The summed E-state index contributed by atoms with van der Waals surface area (Å²) in [7, 11) is 0. The SMILES string of the molecule is CC(=O)OC[C@H]1O[C@@H](OC(C)=O)[C@H](N=Cc2cc(Cl)ccc2O)[C@@H](OC(C)=O)[C@@H]1OC(C)=O. The molecule has 11 nitrogen and oxygen atoms in total. The Balaban J connectivity index is 2.51. The van der Waals surface area contributed by atoms with Crippen LogP contribution in [0.4, 0.5) is 0 Å². The van der Waals surface area contributed by atoms with Crippen molar-refractivity contribution in [3.63, 3.8) is 0 Å². The minimum Gasteiger partial charge on any atom is -0.507 e. The van der Waals surface area contributed by atoms with Gasteiger partial charge in [0.05, 0.1) is 0 Å². The molecule has 1 aromatic rings. The standard InChI is InChI=1S/C21H24ClNO10/c1-10(24)29-9-17-19(30-11(2)25)20(31-12(3)26)18(21(33-17)32-13(4)27)23-8-14-7-15(22)5-6-16(14)28/h5-8,17-21,28H,9H2,1-4H3/t17-,18-,19-,20-,21-/m1/s1. The average molecular weight is 486 g/mol. The number of benzene rings is 1. The maximum absolute atomic E-state index is 11.9. The number of halogens is 1. The predicted molar refractivity (Wildman–Crippen MR) is 113 cm³/mol. The lowest BCUT2D eigenvalue weighted by molar-refractivity contribution is -0.266. The van der Waals surface area contributed by atoms with Crippen molar-refractivity contribution in [2.75, 3.05) is 6.61 Å². The molecule has 5 atom stereocenters. The number of carbonyl (C=O) groups excluding carboxylic acids is 4. The van der Waals surface area contributed by atoms with Crippen LogP contribution in [0.5, 0.6) is 5.75 Å². The zero-order valence-corrected chi connectivity index (χ0v) is 19.1. The summed E-state index contributed by atoms with van der Waals surface area (Å²) >= 11 is 5.96. The van der Waals surface area contributed by atoms with E-state index >= 15 is 0 Å². The molecule has 1 saturated heterocycles. The summed E-state index contributed by atoms with van der Waals surface area (Å²) < 4.78 is 26.6. The molecule has 0 amide bonds. The molecule has 1 aromatic carbocycles. The molecule has 180 valence electrons. The molecule has 0 aromatic heterocycles. The molecule has 0 bridgehead atoms. The van der Waals surface area contributed by atoms with E-state index in [4.69, 9.17) is 35.3 Å². The first-order valence-electron chi connectivity index (χ1n) is 9.80. The second-order valence-corrected chi connectivity index (χ2v) is 7.51. The number of phenolic OH excluding ortho intramolecular Hbond substituents is 1. The number of phenols is 1. The highest BCUT2D eigenvalue weighted by Gasteiger charge is 2.51. The van der Waals surface area contributed by atoms with Gasteiger partial charge in [0, 0.05) is 44.5 Å². The molecule has 1 aliphatic heterocycles. The summed E-state index contributed by atoms with van der Waals surface area (Å²) in [5.41, 5.74) is 0.219. The minimum atomic E-state index is -1.41. The molecule has 1 fully saturated rings. The van der Waals surface area contributed by atoms with Gasteiger partial charge in [-0.25, -0.2) is 0 Å². The number of nitrogens with zero attached hydrogens (tertiary/aromatic N) is 1. The maximum atomic E-state index is 11.9. The molecule has 0 unspecified atom stereocenters. The highest BCUT2D eigenvalue weighted by molar-refractivity contribution is 6.30. The van der Waals surface area contributed by atoms with E-state index in [1.807, 2.05) is 0 Å². The van der Waals surface area contributed by atoms with Gasteiger partial charge in [-0.2, -0.15) is 0 Å². The smallest absolute Gasteiger partial charge is 0.305 e. The van der Waals surface area contributed by atoms with Crippen LogP contribution in [0.3, 0.4) is 0 Å². The molecule has 0 spiro atoms. The van der Waals surface area contributed by atoms with Crippen LogP contribution in [0.1, 0.15) is 33.3 Å². The van der Waals surface area contributed by atoms with Gasteiger partial charge in [0.25, 0.3) is 0 Å². The molecule has 1 heterocycles. The highest BCUT2D eigenvalue weighted by Crippen LogP contribution is 2.30. The Hall–Kier alpha value is -3.18. The number of aromatic hydroxyl groups is 1. The zero-order valence-electron chi connectivity index (χ0n) is 18.3. The first-order chi connectivity index (χ1) is 15.5. The number of ether oxygens (including phenoxy) is 5. The van der Waals surface area contributed by atoms with Gasteiger partial charge in [-0.05, 0) is 18.2 Å². The van der Waals surface area contributed by atoms with E-state index < -0.39 is 54.5 Å². The van der Waals surface area contributed by atoms with E-state index in [0.717, 1.165) is 20.8 Å². The van der Waals surface area contributed by atoms with Crippen molar-refractivity contribution >= 4 is 41.7 Å². The summed E-state index contributed by atoms with van der Waals surface area (Å²) in [6.07, 6.45) is -3.87. The molecular weight excluding hydrogens is 462 g/mol. The number of hydrogen-bond acceptors (Lipinski definition) is 11. The fourth-order valence-electron chi connectivity index (χ4n) is 3.10. The molecule has 0 aliphatic carbocycles. The van der Waals surface area contributed by atoms with Gasteiger partial charge in [-0.15, -0.1) is 0 Å². The molecule has 33 heavy (non-hydrogen) atoms. The Morgan fingerprint density at radius 1 is 1.00 bits per heavy atom. The predicted octanol–water partition coefficient (Wildman–Crippen LogP) is 1.55. The molecule has 12 heteroatoms. The third kappa shape index (κ3) is 7.72. The lowest BCUT2D eigenvalue weighted by atomic mass is 9.96. The van der Waals surface area contributed by atoms with E-state index in [1.165, 1.54) is 31.3 Å². The van der Waals surface area contributed by atoms with E-state index in [0.29, 0.717) is 5.02 Å². The summed E-state index contributed by atoms with van der Waals surface area (Å²) in [5.74, 6) is -2.97. The number of esters is 4. The van der Waals surface area contributed by atoms with Gasteiger partial charge in [-0.3, -0.25) is 24.2 Å². The number of aliphatic imine (C=N–C) groups is 1. The number of rotatable bonds is 7. The van der Waals surface area contributed by atoms with Gasteiger partial charge < -0.3 is 28.8 Å². The van der Waals surface area contributed by atoms with Crippen molar-refractivity contribution in [3.05, 3.63) is 28.8 Å². The van der Waals surface area contributed by atoms with Crippen molar-refractivity contribution in [3.8, 4) is 5.75 Å². The van der Waals surface area contributed by atoms with E-state index in [-0.39, 0.29) is 17.9 Å². The van der Waals surface area contributed by atoms with Crippen LogP contribution in [0.2, 0.25) is 5.02 Å². The Morgan fingerprint density at radius 3 is 2.18 bits per heavy atom. The second-order valence-electron chi connectivity index (χ2n) is 7.07. The normalized spacial score (nSPS) is 24.7. The van der Waals surface area contributed by atoms with Crippen LogP contribution in [0, 0.1) is 0 Å². The Kier molecular flexibility index (Phi) is 9.18. The number of carbonyl (C=O) groups is 4. The van der Waals surface area contributed by atoms with E-state index in [2.05, 4.69) is 4.99 Å². The largest absolute Gasteiger partial charge is 0.507 e.